The second-order valence-corrected chi connectivity index (χ2v) is 5.99. The Hall–Kier alpha value is -0.680. The van der Waals surface area contributed by atoms with Crippen LogP contribution in [0.15, 0.2) is 0 Å². The Morgan fingerprint density at radius 1 is 1.47 bits per heavy atom. The van der Waals surface area contributed by atoms with Crippen molar-refractivity contribution in [3.05, 3.63) is 9.47 Å². The van der Waals surface area contributed by atoms with E-state index in [-0.39, 0.29) is 15.8 Å². The molecule has 15 heavy (non-hydrogen) atoms. The molecule has 0 aliphatic rings. The first-order chi connectivity index (χ1) is 6.88. The van der Waals surface area contributed by atoms with E-state index in [4.69, 9.17) is 11.6 Å². The van der Waals surface area contributed by atoms with Gasteiger partial charge in [-0.25, -0.2) is 0 Å². The molecule has 4 nitrogen and oxygen atoms in total. The van der Waals surface area contributed by atoms with E-state index in [0.717, 1.165) is 17.8 Å². The first-order valence-electron chi connectivity index (χ1n) is 4.66. The van der Waals surface area contributed by atoms with Gasteiger partial charge in [0, 0.05) is 6.54 Å². The minimum Gasteiger partial charge on any atom is -0.350 e. The summed E-state index contributed by atoms with van der Waals surface area (Å²) < 4.78 is 0.288. The zero-order chi connectivity index (χ0) is 11.5. The number of halogens is 1. The zero-order valence-electron chi connectivity index (χ0n) is 9.00. The lowest BCUT2D eigenvalue weighted by atomic mass is 9.92. The Morgan fingerprint density at radius 2 is 2.13 bits per heavy atom. The van der Waals surface area contributed by atoms with Crippen LogP contribution in [0.2, 0.25) is 4.47 Å². The SMILES string of the molecule is CC(C)(C)CCNC(=O)c1nnc(Cl)s1. The molecule has 0 radical (unpaired) electrons. The zero-order valence-corrected chi connectivity index (χ0v) is 10.6. The average molecular weight is 248 g/mol. The quantitative estimate of drug-likeness (QED) is 0.892. The first-order valence-corrected chi connectivity index (χ1v) is 5.85. The topological polar surface area (TPSA) is 54.9 Å². The summed E-state index contributed by atoms with van der Waals surface area (Å²) >= 11 is 6.66. The van der Waals surface area contributed by atoms with Crippen LogP contribution in [0.25, 0.3) is 0 Å². The van der Waals surface area contributed by atoms with Crippen molar-refractivity contribution in [2.24, 2.45) is 5.41 Å². The molecule has 0 spiro atoms. The van der Waals surface area contributed by atoms with Gasteiger partial charge in [0.2, 0.25) is 9.47 Å². The van der Waals surface area contributed by atoms with Gasteiger partial charge >= 0.3 is 0 Å². The minimum atomic E-state index is -0.205. The van der Waals surface area contributed by atoms with Crippen LogP contribution >= 0.6 is 22.9 Å². The van der Waals surface area contributed by atoms with Crippen molar-refractivity contribution in [2.75, 3.05) is 6.54 Å². The monoisotopic (exact) mass is 247 g/mol. The molecule has 1 amide bonds. The summed E-state index contributed by atoms with van der Waals surface area (Å²) in [4.78, 5) is 11.5. The first kappa shape index (κ1) is 12.4. The highest BCUT2D eigenvalue weighted by Crippen LogP contribution is 2.17. The van der Waals surface area contributed by atoms with E-state index in [9.17, 15) is 4.79 Å². The van der Waals surface area contributed by atoms with Crippen molar-refractivity contribution in [2.45, 2.75) is 27.2 Å². The molecule has 1 aromatic heterocycles. The maximum absolute atomic E-state index is 11.5. The lowest BCUT2D eigenvalue weighted by molar-refractivity contribution is 0.0948. The molecule has 0 aromatic carbocycles. The van der Waals surface area contributed by atoms with E-state index in [1.165, 1.54) is 0 Å². The van der Waals surface area contributed by atoms with Gasteiger partial charge in [-0.2, -0.15) is 0 Å². The highest BCUT2D eigenvalue weighted by atomic mass is 35.5. The van der Waals surface area contributed by atoms with Crippen LogP contribution in [0.4, 0.5) is 0 Å². The van der Waals surface area contributed by atoms with Crippen LogP contribution in [0, 0.1) is 5.41 Å². The Kier molecular flexibility index (Phi) is 4.04. The molecule has 0 unspecified atom stereocenters. The lowest BCUT2D eigenvalue weighted by Crippen LogP contribution is -2.27. The molecule has 1 heterocycles. The molecule has 1 rings (SSSR count). The molecule has 0 bridgehead atoms. The van der Waals surface area contributed by atoms with Gasteiger partial charge in [-0.15, -0.1) is 10.2 Å². The van der Waals surface area contributed by atoms with Gasteiger partial charge in [0.05, 0.1) is 0 Å². The van der Waals surface area contributed by atoms with Crippen LogP contribution in [-0.4, -0.2) is 22.6 Å². The molecule has 6 heteroatoms. The largest absolute Gasteiger partial charge is 0.350 e. The molecule has 0 aliphatic carbocycles. The summed E-state index contributed by atoms with van der Waals surface area (Å²) in [5.74, 6) is -0.205. The number of rotatable bonds is 3. The van der Waals surface area contributed by atoms with E-state index in [0.29, 0.717) is 11.6 Å². The summed E-state index contributed by atoms with van der Waals surface area (Å²) in [5, 5.41) is 10.3. The Morgan fingerprint density at radius 3 is 2.60 bits per heavy atom. The van der Waals surface area contributed by atoms with Gasteiger partial charge < -0.3 is 5.32 Å². The summed E-state index contributed by atoms with van der Waals surface area (Å²) in [6.45, 7) is 7.02. The van der Waals surface area contributed by atoms with Gasteiger partial charge in [-0.1, -0.05) is 32.1 Å². The average Bonchev–Trinajstić information content (AvgIpc) is 2.49. The molecule has 0 saturated heterocycles. The number of hydrogen-bond acceptors (Lipinski definition) is 4. The Balaban J connectivity index is 2.37. The third kappa shape index (κ3) is 4.57. The molecule has 0 saturated carbocycles. The Bertz CT molecular complexity index is 345. The molecular formula is C9H14ClN3OS. The predicted octanol–water partition coefficient (Wildman–Crippen LogP) is 2.36. The van der Waals surface area contributed by atoms with Gasteiger partial charge in [-0.3, -0.25) is 4.79 Å². The molecule has 1 aromatic rings. The minimum absolute atomic E-state index is 0.205. The van der Waals surface area contributed by atoms with Crippen LogP contribution in [0.1, 0.15) is 37.0 Å². The summed E-state index contributed by atoms with van der Waals surface area (Å²) in [7, 11) is 0. The van der Waals surface area contributed by atoms with Gasteiger partial charge in [0.1, 0.15) is 0 Å². The molecule has 1 N–H and O–H groups in total. The molecule has 84 valence electrons. The van der Waals surface area contributed by atoms with Crippen molar-refractivity contribution in [1.82, 2.24) is 15.5 Å². The third-order valence-electron chi connectivity index (χ3n) is 1.76. The van der Waals surface area contributed by atoms with Crippen molar-refractivity contribution >= 4 is 28.8 Å². The van der Waals surface area contributed by atoms with Crippen molar-refractivity contribution < 1.29 is 4.79 Å². The second-order valence-electron chi connectivity index (χ2n) is 4.43. The van der Waals surface area contributed by atoms with E-state index in [1.807, 2.05) is 0 Å². The maximum Gasteiger partial charge on any atom is 0.282 e. The van der Waals surface area contributed by atoms with E-state index >= 15 is 0 Å². The van der Waals surface area contributed by atoms with Gasteiger partial charge in [0.15, 0.2) is 0 Å². The lowest BCUT2D eigenvalue weighted by Gasteiger charge is -2.17. The maximum atomic E-state index is 11.5. The number of carbonyl (C=O) groups excluding carboxylic acids is 1. The van der Waals surface area contributed by atoms with E-state index < -0.39 is 0 Å². The Labute approximate surface area is 98.0 Å². The highest BCUT2D eigenvalue weighted by molar-refractivity contribution is 7.17. The summed E-state index contributed by atoms with van der Waals surface area (Å²) in [5.41, 5.74) is 0.214. The van der Waals surface area contributed by atoms with Crippen molar-refractivity contribution in [3.63, 3.8) is 0 Å². The third-order valence-corrected chi connectivity index (χ3v) is 2.77. The second kappa shape index (κ2) is 4.90. The summed E-state index contributed by atoms with van der Waals surface area (Å²) in [6.07, 6.45) is 0.922. The predicted molar refractivity (Wildman–Crippen MR) is 61.3 cm³/mol. The van der Waals surface area contributed by atoms with Gasteiger partial charge in [-0.05, 0) is 23.4 Å². The number of aromatic nitrogens is 2. The number of nitrogens with one attached hydrogen (secondary N) is 1. The highest BCUT2D eigenvalue weighted by Gasteiger charge is 2.14. The number of carbonyl (C=O) groups is 1. The fourth-order valence-electron chi connectivity index (χ4n) is 0.924. The van der Waals surface area contributed by atoms with Crippen LogP contribution in [-0.2, 0) is 0 Å². The molecule has 0 fully saturated rings. The van der Waals surface area contributed by atoms with Gasteiger partial charge in [0.25, 0.3) is 5.91 Å². The smallest absolute Gasteiger partial charge is 0.282 e. The fourth-order valence-corrected chi connectivity index (χ4v) is 1.67. The van der Waals surface area contributed by atoms with Crippen molar-refractivity contribution in [3.8, 4) is 0 Å². The molecule has 0 aliphatic heterocycles. The number of nitrogens with zero attached hydrogens (tertiary/aromatic N) is 2. The molecule has 0 atom stereocenters. The standard InChI is InChI=1S/C9H14ClN3OS/c1-9(2,3)4-5-11-6(14)7-12-13-8(10)15-7/h4-5H2,1-3H3,(H,11,14). The normalized spacial score (nSPS) is 11.5. The van der Waals surface area contributed by atoms with Crippen LogP contribution < -0.4 is 5.32 Å². The van der Waals surface area contributed by atoms with Crippen LogP contribution in [0.5, 0.6) is 0 Å². The number of amides is 1. The van der Waals surface area contributed by atoms with Crippen LogP contribution in [0.3, 0.4) is 0 Å². The van der Waals surface area contributed by atoms with E-state index in [1.54, 1.807) is 0 Å². The van der Waals surface area contributed by atoms with E-state index in [2.05, 4.69) is 36.3 Å². The van der Waals surface area contributed by atoms with Crippen molar-refractivity contribution in [1.29, 1.82) is 0 Å². The summed E-state index contributed by atoms with van der Waals surface area (Å²) in [6, 6.07) is 0. The fraction of sp³-hybridized carbons (Fsp3) is 0.667. The molecular weight excluding hydrogens is 234 g/mol. The number of hydrogen-bond donors (Lipinski definition) is 1.